The summed E-state index contributed by atoms with van der Waals surface area (Å²) >= 11 is 2.86. The van der Waals surface area contributed by atoms with Gasteiger partial charge in [-0.15, -0.1) is 11.3 Å². The van der Waals surface area contributed by atoms with E-state index in [0.717, 1.165) is 15.3 Å². The van der Waals surface area contributed by atoms with Crippen molar-refractivity contribution >= 4 is 44.6 Å². The summed E-state index contributed by atoms with van der Waals surface area (Å²) in [6, 6.07) is 10.4. The second-order valence-electron chi connectivity index (χ2n) is 5.47. The molecular formula is C17H13FN4OS2. The average Bonchev–Trinajstić information content (AvgIpc) is 3.27. The lowest BCUT2D eigenvalue weighted by molar-refractivity contribution is -0.115. The largest absolute Gasteiger partial charge is 0.310 e. The molecule has 5 nitrogen and oxygen atoms in total. The van der Waals surface area contributed by atoms with Crippen molar-refractivity contribution in [2.45, 2.75) is 13.3 Å². The highest BCUT2D eigenvalue weighted by Crippen LogP contribution is 2.28. The molecule has 0 aliphatic rings. The summed E-state index contributed by atoms with van der Waals surface area (Å²) in [4.78, 5) is 17.6. The fourth-order valence-electron chi connectivity index (χ4n) is 2.49. The van der Waals surface area contributed by atoms with Crippen molar-refractivity contribution in [2.24, 2.45) is 0 Å². The van der Waals surface area contributed by atoms with E-state index >= 15 is 0 Å². The molecule has 0 saturated carbocycles. The summed E-state index contributed by atoms with van der Waals surface area (Å²) in [6.07, 6.45) is 0.302. The highest BCUT2D eigenvalue weighted by atomic mass is 32.1. The zero-order chi connectivity index (χ0) is 17.4. The molecule has 4 rings (SSSR count). The molecule has 25 heavy (non-hydrogen) atoms. The van der Waals surface area contributed by atoms with Gasteiger partial charge in [0.1, 0.15) is 17.2 Å². The van der Waals surface area contributed by atoms with Gasteiger partial charge in [0.2, 0.25) is 11.0 Å². The van der Waals surface area contributed by atoms with Crippen molar-refractivity contribution in [3.63, 3.8) is 0 Å². The molecule has 8 heteroatoms. The van der Waals surface area contributed by atoms with Crippen LogP contribution in [0.1, 0.15) is 10.6 Å². The summed E-state index contributed by atoms with van der Waals surface area (Å²) in [5, 5.41) is 9.70. The molecule has 0 fully saturated rings. The van der Waals surface area contributed by atoms with Crippen LogP contribution in [0.3, 0.4) is 0 Å². The van der Waals surface area contributed by atoms with Gasteiger partial charge in [-0.1, -0.05) is 23.5 Å². The third kappa shape index (κ3) is 3.18. The van der Waals surface area contributed by atoms with Crippen molar-refractivity contribution < 1.29 is 9.18 Å². The summed E-state index contributed by atoms with van der Waals surface area (Å²) in [6.45, 7) is 1.83. The Morgan fingerprint density at radius 3 is 2.96 bits per heavy atom. The molecule has 1 amide bonds. The Hall–Kier alpha value is -2.58. The van der Waals surface area contributed by atoms with E-state index in [2.05, 4.69) is 15.4 Å². The number of anilines is 1. The Bertz CT molecular complexity index is 1050. The first-order chi connectivity index (χ1) is 12.1. The number of hydrogen-bond acceptors (Lipinski definition) is 5. The van der Waals surface area contributed by atoms with Gasteiger partial charge in [-0.2, -0.15) is 9.78 Å². The van der Waals surface area contributed by atoms with E-state index in [1.54, 1.807) is 16.8 Å². The van der Waals surface area contributed by atoms with Crippen LogP contribution in [0.4, 0.5) is 10.2 Å². The summed E-state index contributed by atoms with van der Waals surface area (Å²) < 4.78 is 16.2. The summed E-state index contributed by atoms with van der Waals surface area (Å²) in [7, 11) is 0. The Labute approximate surface area is 150 Å². The molecule has 126 valence electrons. The van der Waals surface area contributed by atoms with E-state index in [4.69, 9.17) is 0 Å². The lowest BCUT2D eigenvalue weighted by Crippen LogP contribution is -2.16. The first-order valence-corrected chi connectivity index (χ1v) is 9.24. The molecule has 0 saturated heterocycles. The minimum absolute atomic E-state index is 0.129. The zero-order valence-corrected chi connectivity index (χ0v) is 14.8. The molecule has 3 aromatic heterocycles. The van der Waals surface area contributed by atoms with Gasteiger partial charge in [-0.25, -0.2) is 9.37 Å². The normalized spacial score (nSPS) is 11.1. The van der Waals surface area contributed by atoms with Crippen molar-refractivity contribution in [2.75, 3.05) is 5.32 Å². The molecule has 0 radical (unpaired) electrons. The molecule has 0 atom stereocenters. The first kappa shape index (κ1) is 15.9. The van der Waals surface area contributed by atoms with Crippen LogP contribution in [0.5, 0.6) is 0 Å². The van der Waals surface area contributed by atoms with Gasteiger partial charge in [0.05, 0.1) is 16.8 Å². The number of nitrogens with one attached hydrogen (secondary N) is 1. The number of para-hydroxylation sites is 1. The molecule has 0 bridgehead atoms. The number of amides is 1. The molecule has 0 spiro atoms. The Balaban J connectivity index is 1.66. The number of thiazole rings is 1. The number of carbonyl (C=O) groups is 1. The molecule has 1 aromatic carbocycles. The quantitative estimate of drug-likeness (QED) is 0.585. The number of nitrogens with zero attached hydrogens (tertiary/aromatic N) is 3. The third-order valence-electron chi connectivity index (χ3n) is 3.55. The number of benzene rings is 1. The van der Waals surface area contributed by atoms with E-state index in [-0.39, 0.29) is 11.7 Å². The topological polar surface area (TPSA) is 59.8 Å². The van der Waals surface area contributed by atoms with Crippen molar-refractivity contribution in [1.82, 2.24) is 14.8 Å². The van der Waals surface area contributed by atoms with Crippen LogP contribution in [0, 0.1) is 12.7 Å². The number of thiophene rings is 1. The standard InChI is InChI=1S/C17H13FN4OS2/c1-10-8-14(19-15(23)9-11-4-3-7-24-11)22(21-10)17-20-16-12(18)5-2-6-13(16)25-17/h2-8H,9H2,1H3,(H,19,23). The maximum Gasteiger partial charge on any atom is 0.230 e. The Kier molecular flexibility index (Phi) is 4.06. The van der Waals surface area contributed by atoms with Gasteiger partial charge in [-0.3, -0.25) is 4.79 Å². The van der Waals surface area contributed by atoms with E-state index in [1.165, 1.54) is 28.7 Å². The molecular weight excluding hydrogens is 359 g/mol. The number of fused-ring (bicyclic) bond motifs is 1. The summed E-state index contributed by atoms with van der Waals surface area (Å²) in [5.41, 5.74) is 1.05. The maximum absolute atomic E-state index is 13.9. The van der Waals surface area contributed by atoms with Crippen LogP contribution in [-0.2, 0) is 11.2 Å². The fourth-order valence-corrected chi connectivity index (χ4v) is 4.14. The highest BCUT2D eigenvalue weighted by Gasteiger charge is 2.16. The monoisotopic (exact) mass is 372 g/mol. The minimum Gasteiger partial charge on any atom is -0.310 e. The van der Waals surface area contributed by atoms with E-state index in [9.17, 15) is 9.18 Å². The predicted molar refractivity (Wildman–Crippen MR) is 98.1 cm³/mol. The van der Waals surface area contributed by atoms with Gasteiger partial charge in [0.25, 0.3) is 0 Å². The lowest BCUT2D eigenvalue weighted by atomic mass is 10.3. The minimum atomic E-state index is -0.368. The number of hydrogen-bond donors (Lipinski definition) is 1. The maximum atomic E-state index is 13.9. The second-order valence-corrected chi connectivity index (χ2v) is 7.51. The van der Waals surface area contributed by atoms with Crippen LogP contribution < -0.4 is 5.32 Å². The van der Waals surface area contributed by atoms with Gasteiger partial charge >= 0.3 is 0 Å². The highest BCUT2D eigenvalue weighted by molar-refractivity contribution is 7.20. The van der Waals surface area contributed by atoms with E-state index in [0.29, 0.717) is 22.9 Å². The van der Waals surface area contributed by atoms with Crippen LogP contribution in [0.2, 0.25) is 0 Å². The molecule has 3 heterocycles. The molecule has 0 unspecified atom stereocenters. The van der Waals surface area contributed by atoms with Gasteiger partial charge in [0, 0.05) is 10.9 Å². The number of aromatic nitrogens is 3. The third-order valence-corrected chi connectivity index (χ3v) is 5.43. The number of rotatable bonds is 4. The summed E-state index contributed by atoms with van der Waals surface area (Å²) in [5.74, 6) is 0.0292. The number of aryl methyl sites for hydroxylation is 1. The van der Waals surface area contributed by atoms with Crippen LogP contribution in [0.25, 0.3) is 15.3 Å². The van der Waals surface area contributed by atoms with Crippen molar-refractivity contribution in [3.8, 4) is 5.13 Å². The molecule has 1 N–H and O–H groups in total. The van der Waals surface area contributed by atoms with Crippen LogP contribution >= 0.6 is 22.7 Å². The van der Waals surface area contributed by atoms with Gasteiger partial charge in [-0.05, 0) is 30.5 Å². The van der Waals surface area contributed by atoms with E-state index in [1.807, 2.05) is 30.5 Å². The van der Waals surface area contributed by atoms with Crippen molar-refractivity contribution in [1.29, 1.82) is 0 Å². The molecule has 0 aliphatic heterocycles. The van der Waals surface area contributed by atoms with E-state index < -0.39 is 0 Å². The Morgan fingerprint density at radius 2 is 2.20 bits per heavy atom. The number of carbonyl (C=O) groups excluding carboxylic acids is 1. The van der Waals surface area contributed by atoms with Gasteiger partial charge < -0.3 is 5.32 Å². The van der Waals surface area contributed by atoms with Crippen LogP contribution in [-0.4, -0.2) is 20.7 Å². The Morgan fingerprint density at radius 1 is 1.32 bits per heavy atom. The fraction of sp³-hybridized carbons (Fsp3) is 0.118. The second kappa shape index (κ2) is 6.38. The average molecular weight is 372 g/mol. The lowest BCUT2D eigenvalue weighted by Gasteiger charge is -2.05. The van der Waals surface area contributed by atoms with Crippen LogP contribution in [0.15, 0.2) is 41.8 Å². The predicted octanol–water partition coefficient (Wildman–Crippen LogP) is 4.17. The SMILES string of the molecule is Cc1cc(NC(=O)Cc2cccs2)n(-c2nc3c(F)cccc3s2)n1. The first-order valence-electron chi connectivity index (χ1n) is 7.54. The van der Waals surface area contributed by atoms with Gasteiger partial charge in [0.15, 0.2) is 0 Å². The van der Waals surface area contributed by atoms with Crippen molar-refractivity contribution in [3.05, 3.63) is 58.2 Å². The number of halogens is 1. The molecule has 4 aromatic rings. The smallest absolute Gasteiger partial charge is 0.230 e. The molecule has 0 aliphatic carbocycles. The zero-order valence-electron chi connectivity index (χ0n) is 13.2.